The third-order valence-corrected chi connectivity index (χ3v) is 9.68. The van der Waals surface area contributed by atoms with Crippen molar-refractivity contribution in [3.63, 3.8) is 0 Å². The standard InChI is InChI=1S/C32H39BrClN5O4/c1-21-18-23(6-8-26(21)33)22-10-14-37(15-11-22)29(40)32(12-16-38(17-13-32)30(41)43-31(2,3)4)39-20-28(35-36-39)25-19-24(42-5)7-9-27(25)34/h6-9,18-20,22H,10-17H2,1-5H3. The zero-order valence-corrected chi connectivity index (χ0v) is 27.7. The van der Waals surface area contributed by atoms with E-state index < -0.39 is 11.1 Å². The molecule has 0 aliphatic carbocycles. The van der Waals surface area contributed by atoms with Crippen molar-refractivity contribution in [3.05, 3.63) is 63.2 Å². The van der Waals surface area contributed by atoms with Crippen molar-refractivity contribution < 1.29 is 19.1 Å². The number of amides is 2. The molecule has 2 aromatic carbocycles. The monoisotopic (exact) mass is 671 g/mol. The Morgan fingerprint density at radius 3 is 2.35 bits per heavy atom. The second-order valence-electron chi connectivity index (χ2n) is 12.5. The molecule has 2 fully saturated rings. The lowest BCUT2D eigenvalue weighted by atomic mass is 9.83. The van der Waals surface area contributed by atoms with E-state index in [4.69, 9.17) is 21.1 Å². The number of nitrogens with zero attached hydrogens (tertiary/aromatic N) is 5. The summed E-state index contributed by atoms with van der Waals surface area (Å²) in [6, 6.07) is 11.9. The number of benzene rings is 2. The summed E-state index contributed by atoms with van der Waals surface area (Å²) in [6.45, 7) is 9.69. The Morgan fingerprint density at radius 2 is 1.72 bits per heavy atom. The molecule has 2 amide bonds. The Balaban J connectivity index is 1.40. The third-order valence-electron chi connectivity index (χ3n) is 8.46. The largest absolute Gasteiger partial charge is 0.497 e. The normalized spacial score (nSPS) is 17.6. The molecule has 0 saturated carbocycles. The molecule has 230 valence electrons. The van der Waals surface area contributed by atoms with Gasteiger partial charge < -0.3 is 19.3 Å². The van der Waals surface area contributed by atoms with Crippen LogP contribution in [0, 0.1) is 6.92 Å². The summed E-state index contributed by atoms with van der Waals surface area (Å²) in [6.07, 6.45) is 3.97. The van der Waals surface area contributed by atoms with Gasteiger partial charge in [0.05, 0.1) is 18.3 Å². The molecule has 0 atom stereocenters. The zero-order valence-electron chi connectivity index (χ0n) is 25.4. The molecule has 0 unspecified atom stereocenters. The molecule has 2 saturated heterocycles. The maximum Gasteiger partial charge on any atom is 0.410 e. The van der Waals surface area contributed by atoms with Crippen LogP contribution in [0.25, 0.3) is 11.3 Å². The molecular weight excluding hydrogens is 634 g/mol. The highest BCUT2D eigenvalue weighted by Crippen LogP contribution is 2.38. The van der Waals surface area contributed by atoms with Crippen molar-refractivity contribution in [2.45, 2.75) is 70.4 Å². The number of hydrogen-bond acceptors (Lipinski definition) is 6. The van der Waals surface area contributed by atoms with Crippen molar-refractivity contribution >= 4 is 39.5 Å². The Hall–Kier alpha value is -3.11. The van der Waals surface area contributed by atoms with Gasteiger partial charge in [0.25, 0.3) is 5.91 Å². The van der Waals surface area contributed by atoms with E-state index in [0.29, 0.717) is 67.0 Å². The van der Waals surface area contributed by atoms with E-state index in [2.05, 4.69) is 51.4 Å². The third kappa shape index (κ3) is 6.70. The summed E-state index contributed by atoms with van der Waals surface area (Å²) in [7, 11) is 1.59. The van der Waals surface area contributed by atoms with E-state index in [0.717, 1.165) is 17.3 Å². The van der Waals surface area contributed by atoms with E-state index in [9.17, 15) is 9.59 Å². The summed E-state index contributed by atoms with van der Waals surface area (Å²) in [5, 5.41) is 9.44. The van der Waals surface area contributed by atoms with Gasteiger partial charge in [-0.1, -0.05) is 44.9 Å². The second kappa shape index (κ2) is 12.5. The number of likely N-dealkylation sites (tertiary alicyclic amines) is 2. The van der Waals surface area contributed by atoms with Crippen LogP contribution in [0.1, 0.15) is 63.5 Å². The van der Waals surface area contributed by atoms with Crippen molar-refractivity contribution in [3.8, 4) is 17.0 Å². The van der Waals surface area contributed by atoms with Crippen LogP contribution in [0.2, 0.25) is 5.02 Å². The molecule has 11 heteroatoms. The molecule has 5 rings (SSSR count). The van der Waals surface area contributed by atoms with Gasteiger partial charge in [-0.25, -0.2) is 9.48 Å². The first-order valence-electron chi connectivity index (χ1n) is 14.7. The molecule has 43 heavy (non-hydrogen) atoms. The topological polar surface area (TPSA) is 89.8 Å². The first-order valence-corrected chi connectivity index (χ1v) is 15.9. The molecule has 9 nitrogen and oxygen atoms in total. The second-order valence-corrected chi connectivity index (χ2v) is 13.7. The first kappa shape index (κ1) is 31.3. The van der Waals surface area contributed by atoms with Gasteiger partial charge in [-0.05, 0) is 94.7 Å². The molecule has 0 spiro atoms. The van der Waals surface area contributed by atoms with Gasteiger partial charge in [0.1, 0.15) is 22.6 Å². The number of ether oxygens (including phenoxy) is 2. The predicted octanol–water partition coefficient (Wildman–Crippen LogP) is 6.81. The Bertz CT molecular complexity index is 1490. The Labute approximate surface area is 266 Å². The van der Waals surface area contributed by atoms with E-state index in [1.165, 1.54) is 11.1 Å². The smallest absolute Gasteiger partial charge is 0.410 e. The fourth-order valence-electron chi connectivity index (χ4n) is 5.98. The number of carbonyl (C=O) groups is 2. The minimum absolute atomic E-state index is 0.00923. The number of aromatic nitrogens is 3. The van der Waals surface area contributed by atoms with Crippen molar-refractivity contribution in [2.24, 2.45) is 0 Å². The summed E-state index contributed by atoms with van der Waals surface area (Å²) < 4.78 is 13.8. The highest BCUT2D eigenvalue weighted by Gasteiger charge is 2.48. The van der Waals surface area contributed by atoms with Crippen LogP contribution >= 0.6 is 27.5 Å². The Morgan fingerprint density at radius 1 is 1.02 bits per heavy atom. The highest BCUT2D eigenvalue weighted by molar-refractivity contribution is 9.10. The quantitative estimate of drug-likeness (QED) is 0.296. The molecule has 0 radical (unpaired) electrons. The van der Waals surface area contributed by atoms with Crippen molar-refractivity contribution in [1.29, 1.82) is 0 Å². The number of aryl methyl sites for hydroxylation is 1. The van der Waals surface area contributed by atoms with Crippen molar-refractivity contribution in [2.75, 3.05) is 33.3 Å². The van der Waals surface area contributed by atoms with Gasteiger partial charge >= 0.3 is 6.09 Å². The predicted molar refractivity (Wildman–Crippen MR) is 169 cm³/mol. The SMILES string of the molecule is COc1ccc(Cl)c(-c2cn(C3(C(=O)N4CCC(c5ccc(Br)c(C)c5)CC4)CCN(C(=O)OC(C)(C)C)CC3)nn2)c1. The number of carbonyl (C=O) groups excluding carboxylic acids is 2. The van der Waals surface area contributed by atoms with Crippen LogP contribution in [-0.2, 0) is 15.1 Å². The number of hydrogen-bond donors (Lipinski definition) is 0. The average molecular weight is 673 g/mol. The highest BCUT2D eigenvalue weighted by atomic mass is 79.9. The zero-order chi connectivity index (χ0) is 30.9. The maximum atomic E-state index is 14.5. The van der Waals surface area contributed by atoms with Crippen molar-refractivity contribution in [1.82, 2.24) is 24.8 Å². The Kier molecular flexibility index (Phi) is 9.09. The molecule has 1 aromatic heterocycles. The number of halogens is 2. The number of piperidine rings is 2. The van der Waals surface area contributed by atoms with Crippen LogP contribution in [0.4, 0.5) is 4.79 Å². The van der Waals surface area contributed by atoms with E-state index >= 15 is 0 Å². The van der Waals surface area contributed by atoms with Crippen LogP contribution in [0.3, 0.4) is 0 Å². The summed E-state index contributed by atoms with van der Waals surface area (Å²) in [5.41, 5.74) is 2.15. The average Bonchev–Trinajstić information content (AvgIpc) is 3.48. The summed E-state index contributed by atoms with van der Waals surface area (Å²) >= 11 is 10.1. The van der Waals surface area contributed by atoms with Gasteiger partial charge in [0.15, 0.2) is 0 Å². The minimum Gasteiger partial charge on any atom is -0.497 e. The molecule has 3 aromatic rings. The number of methoxy groups -OCH3 is 1. The van der Waals surface area contributed by atoms with Gasteiger partial charge in [-0.15, -0.1) is 5.10 Å². The van der Waals surface area contributed by atoms with Crippen LogP contribution in [-0.4, -0.2) is 75.7 Å². The molecule has 2 aliphatic heterocycles. The molecule has 2 aliphatic rings. The first-order chi connectivity index (χ1) is 20.4. The lowest BCUT2D eigenvalue weighted by Gasteiger charge is -2.44. The number of rotatable bonds is 5. The summed E-state index contributed by atoms with van der Waals surface area (Å²) in [4.78, 5) is 31.0. The van der Waals surface area contributed by atoms with E-state index in [1.807, 2.05) is 31.7 Å². The van der Waals surface area contributed by atoms with Gasteiger partial charge in [-0.2, -0.15) is 0 Å². The fourth-order valence-corrected chi connectivity index (χ4v) is 6.44. The molecule has 3 heterocycles. The molecule has 0 bridgehead atoms. The van der Waals surface area contributed by atoms with E-state index in [-0.39, 0.29) is 12.0 Å². The van der Waals surface area contributed by atoms with Gasteiger partial charge in [0.2, 0.25) is 0 Å². The minimum atomic E-state index is -0.990. The molecular formula is C32H39BrClN5O4. The maximum absolute atomic E-state index is 14.5. The summed E-state index contributed by atoms with van der Waals surface area (Å²) in [5.74, 6) is 1.05. The lowest BCUT2D eigenvalue weighted by Crippen LogP contribution is -2.58. The van der Waals surface area contributed by atoms with Crippen LogP contribution in [0.5, 0.6) is 5.75 Å². The van der Waals surface area contributed by atoms with Crippen LogP contribution < -0.4 is 4.74 Å². The van der Waals surface area contributed by atoms with Crippen LogP contribution in [0.15, 0.2) is 47.1 Å². The fraction of sp³-hybridized carbons (Fsp3) is 0.500. The van der Waals surface area contributed by atoms with Gasteiger partial charge in [0, 0.05) is 36.2 Å². The molecule has 0 N–H and O–H groups in total. The van der Waals surface area contributed by atoms with E-state index in [1.54, 1.807) is 35.0 Å². The lowest BCUT2D eigenvalue weighted by molar-refractivity contribution is -0.145. The van der Waals surface area contributed by atoms with Gasteiger partial charge in [-0.3, -0.25) is 4.79 Å².